The van der Waals surface area contributed by atoms with Crippen molar-refractivity contribution in [2.24, 2.45) is 0 Å². The van der Waals surface area contributed by atoms with E-state index in [1.165, 1.54) is 7.05 Å². The van der Waals surface area contributed by atoms with Crippen LogP contribution in [0.3, 0.4) is 0 Å². The van der Waals surface area contributed by atoms with Crippen molar-refractivity contribution < 1.29 is 18.8 Å². The minimum Gasteiger partial charge on any atom is -0.410 e. The number of rotatable bonds is 5. The molecule has 0 radical (unpaired) electrons. The number of fused-ring (bicyclic) bond motifs is 1. The van der Waals surface area contributed by atoms with Crippen LogP contribution in [0.4, 0.5) is 10.6 Å². The van der Waals surface area contributed by atoms with Gasteiger partial charge in [0.25, 0.3) is 0 Å². The van der Waals surface area contributed by atoms with E-state index in [9.17, 15) is 4.79 Å². The summed E-state index contributed by atoms with van der Waals surface area (Å²) in [4.78, 5) is 15.7. The fourth-order valence-electron chi connectivity index (χ4n) is 2.62. The van der Waals surface area contributed by atoms with Crippen LogP contribution < -0.4 is 15.0 Å². The number of ether oxygens (including phenoxy) is 2. The largest absolute Gasteiger partial charge is 0.412 e. The molecule has 0 unspecified atom stereocenters. The van der Waals surface area contributed by atoms with Gasteiger partial charge in [0.1, 0.15) is 5.75 Å². The second-order valence-electron chi connectivity index (χ2n) is 5.68. The molecule has 0 spiro atoms. The summed E-state index contributed by atoms with van der Waals surface area (Å²) in [5.41, 5.74) is 0.588. The van der Waals surface area contributed by atoms with Crippen molar-refractivity contribution >= 4 is 22.9 Å². The van der Waals surface area contributed by atoms with E-state index < -0.39 is 6.09 Å². The minimum absolute atomic E-state index is 0.417. The standard InChI is InChI=1S/C16H22N4O4/c1-17-16(21)23-12-3-4-13-14(11-12)24-18-15(13)19(2)5-6-20-7-9-22-10-8-20/h3-4,11H,5-10H2,1-2H3,(H,17,21). The van der Waals surface area contributed by atoms with E-state index in [2.05, 4.69) is 20.3 Å². The molecule has 0 saturated carbocycles. The molecule has 1 aliphatic heterocycles. The molecule has 2 heterocycles. The van der Waals surface area contributed by atoms with E-state index in [1.807, 2.05) is 13.1 Å². The van der Waals surface area contributed by atoms with Crippen molar-refractivity contribution in [2.45, 2.75) is 0 Å². The molecule has 1 fully saturated rings. The van der Waals surface area contributed by atoms with Gasteiger partial charge in [-0.25, -0.2) is 4.79 Å². The average Bonchev–Trinajstić information content (AvgIpc) is 3.03. The van der Waals surface area contributed by atoms with Crippen LogP contribution in [0.15, 0.2) is 22.7 Å². The van der Waals surface area contributed by atoms with Crippen LogP contribution in [-0.2, 0) is 4.74 Å². The van der Waals surface area contributed by atoms with Gasteiger partial charge in [-0.3, -0.25) is 4.90 Å². The molecule has 3 rings (SSSR count). The van der Waals surface area contributed by atoms with Crippen molar-refractivity contribution in [3.05, 3.63) is 18.2 Å². The van der Waals surface area contributed by atoms with Crippen molar-refractivity contribution in [3.8, 4) is 5.75 Å². The Hall–Kier alpha value is -2.32. The molecule has 1 aromatic carbocycles. The van der Waals surface area contributed by atoms with Gasteiger partial charge in [0, 0.05) is 46.3 Å². The van der Waals surface area contributed by atoms with Crippen molar-refractivity contribution in [2.75, 3.05) is 58.4 Å². The van der Waals surface area contributed by atoms with Crippen molar-refractivity contribution in [1.29, 1.82) is 0 Å². The molecule has 130 valence electrons. The van der Waals surface area contributed by atoms with Crippen LogP contribution in [0.25, 0.3) is 11.0 Å². The molecule has 8 nitrogen and oxygen atoms in total. The maximum absolute atomic E-state index is 11.3. The van der Waals surface area contributed by atoms with Crippen molar-refractivity contribution in [3.63, 3.8) is 0 Å². The van der Waals surface area contributed by atoms with Gasteiger partial charge in [-0.2, -0.15) is 0 Å². The molecule has 1 aromatic heterocycles. The number of benzene rings is 1. The Kier molecular flexibility index (Phi) is 5.17. The van der Waals surface area contributed by atoms with Gasteiger partial charge in [-0.05, 0) is 12.1 Å². The molecule has 24 heavy (non-hydrogen) atoms. The first-order chi connectivity index (χ1) is 11.7. The molecule has 8 heteroatoms. The Balaban J connectivity index is 1.66. The zero-order chi connectivity index (χ0) is 16.9. The monoisotopic (exact) mass is 334 g/mol. The highest BCUT2D eigenvalue weighted by atomic mass is 16.6. The number of hydrogen-bond acceptors (Lipinski definition) is 7. The SMILES string of the molecule is CNC(=O)Oc1ccc2c(N(C)CCN3CCOCC3)noc2c1. The molecule has 1 saturated heterocycles. The van der Waals surface area contributed by atoms with Crippen LogP contribution in [0.5, 0.6) is 5.75 Å². The van der Waals surface area contributed by atoms with E-state index in [-0.39, 0.29) is 0 Å². The van der Waals surface area contributed by atoms with Gasteiger partial charge in [-0.15, -0.1) is 0 Å². The molecular formula is C16H22N4O4. The highest BCUT2D eigenvalue weighted by molar-refractivity contribution is 5.89. The Morgan fingerprint density at radius 3 is 2.96 bits per heavy atom. The predicted molar refractivity (Wildman–Crippen MR) is 89.6 cm³/mol. The third kappa shape index (κ3) is 3.77. The molecule has 0 atom stereocenters. The van der Waals surface area contributed by atoms with Crippen LogP contribution in [-0.4, -0.2) is 69.6 Å². The quantitative estimate of drug-likeness (QED) is 0.883. The second kappa shape index (κ2) is 7.50. The fourth-order valence-corrected chi connectivity index (χ4v) is 2.62. The normalized spacial score (nSPS) is 15.4. The third-order valence-corrected chi connectivity index (χ3v) is 4.06. The lowest BCUT2D eigenvalue weighted by molar-refractivity contribution is 0.0392. The highest BCUT2D eigenvalue weighted by Crippen LogP contribution is 2.28. The van der Waals surface area contributed by atoms with Gasteiger partial charge in [0.2, 0.25) is 0 Å². The Bertz CT molecular complexity index is 696. The molecule has 0 bridgehead atoms. The summed E-state index contributed by atoms with van der Waals surface area (Å²) in [7, 11) is 3.50. The van der Waals surface area contributed by atoms with Crippen LogP contribution >= 0.6 is 0 Å². The first kappa shape index (κ1) is 16.5. The summed E-state index contributed by atoms with van der Waals surface area (Å²) < 4.78 is 15.8. The Labute approximate surface area is 140 Å². The summed E-state index contributed by atoms with van der Waals surface area (Å²) in [6, 6.07) is 5.25. The van der Waals surface area contributed by atoms with Gasteiger partial charge in [-0.1, -0.05) is 5.16 Å². The predicted octanol–water partition coefficient (Wildman–Crippen LogP) is 1.31. The number of aromatic nitrogens is 1. The lowest BCUT2D eigenvalue weighted by Gasteiger charge is -2.28. The number of hydrogen-bond donors (Lipinski definition) is 1. The van der Waals surface area contributed by atoms with E-state index >= 15 is 0 Å². The smallest absolute Gasteiger partial charge is 0.410 e. The van der Waals surface area contributed by atoms with Gasteiger partial charge >= 0.3 is 6.09 Å². The summed E-state index contributed by atoms with van der Waals surface area (Å²) in [6.07, 6.45) is -0.517. The number of carbonyl (C=O) groups excluding carboxylic acids is 1. The highest BCUT2D eigenvalue weighted by Gasteiger charge is 2.16. The first-order valence-corrected chi connectivity index (χ1v) is 7.97. The number of nitrogens with one attached hydrogen (secondary N) is 1. The zero-order valence-corrected chi connectivity index (χ0v) is 13.9. The summed E-state index contributed by atoms with van der Waals surface area (Å²) >= 11 is 0. The maximum atomic E-state index is 11.3. The van der Waals surface area contributed by atoms with Gasteiger partial charge in [0.15, 0.2) is 11.4 Å². The Morgan fingerprint density at radius 1 is 1.42 bits per heavy atom. The fraction of sp³-hybridized carbons (Fsp3) is 0.500. The van der Waals surface area contributed by atoms with Crippen LogP contribution in [0, 0.1) is 0 Å². The lowest BCUT2D eigenvalue weighted by Crippen LogP contribution is -2.40. The minimum atomic E-state index is -0.517. The average molecular weight is 334 g/mol. The number of carbonyl (C=O) groups is 1. The number of morpholine rings is 1. The van der Waals surface area contributed by atoms with Gasteiger partial charge in [0.05, 0.1) is 18.6 Å². The molecule has 1 amide bonds. The third-order valence-electron chi connectivity index (χ3n) is 4.06. The van der Waals surface area contributed by atoms with E-state index in [4.69, 9.17) is 14.0 Å². The zero-order valence-electron chi connectivity index (χ0n) is 13.9. The lowest BCUT2D eigenvalue weighted by atomic mass is 10.2. The first-order valence-electron chi connectivity index (χ1n) is 7.97. The number of nitrogens with zero attached hydrogens (tertiary/aromatic N) is 3. The van der Waals surface area contributed by atoms with Crippen molar-refractivity contribution in [1.82, 2.24) is 15.4 Å². The summed E-state index contributed by atoms with van der Waals surface area (Å²) in [6.45, 7) is 5.32. The molecule has 0 aliphatic carbocycles. The Morgan fingerprint density at radius 2 is 2.21 bits per heavy atom. The summed E-state index contributed by atoms with van der Waals surface area (Å²) in [5.74, 6) is 1.20. The molecule has 1 N–H and O–H groups in total. The molecule has 2 aromatic rings. The van der Waals surface area contributed by atoms with E-state index in [1.54, 1.807) is 12.1 Å². The molecular weight excluding hydrogens is 312 g/mol. The van der Waals surface area contributed by atoms with E-state index in [0.717, 1.165) is 50.6 Å². The topological polar surface area (TPSA) is 80.1 Å². The maximum Gasteiger partial charge on any atom is 0.412 e. The van der Waals surface area contributed by atoms with Crippen LogP contribution in [0.2, 0.25) is 0 Å². The van der Waals surface area contributed by atoms with E-state index in [0.29, 0.717) is 11.3 Å². The number of anilines is 1. The van der Waals surface area contributed by atoms with Gasteiger partial charge < -0.3 is 24.2 Å². The second-order valence-corrected chi connectivity index (χ2v) is 5.68. The summed E-state index contributed by atoms with van der Waals surface area (Å²) in [5, 5.41) is 7.45. The number of likely N-dealkylation sites (N-methyl/N-ethyl adjacent to an activating group) is 1. The van der Waals surface area contributed by atoms with Crippen LogP contribution in [0.1, 0.15) is 0 Å². The molecule has 1 aliphatic rings. The number of amides is 1.